The lowest BCUT2D eigenvalue weighted by Gasteiger charge is -2.08. The van der Waals surface area contributed by atoms with Gasteiger partial charge in [-0.25, -0.2) is 4.98 Å². The molecule has 112 valence electrons. The topological polar surface area (TPSA) is 22.1 Å². The van der Waals surface area contributed by atoms with E-state index in [0.717, 1.165) is 22.3 Å². The van der Waals surface area contributed by atoms with Crippen molar-refractivity contribution < 1.29 is 4.74 Å². The lowest BCUT2D eigenvalue weighted by Crippen LogP contribution is -1.98. The lowest BCUT2D eigenvalue weighted by atomic mass is 10.1. The quantitative estimate of drug-likeness (QED) is 0.489. The third kappa shape index (κ3) is 2.99. The van der Waals surface area contributed by atoms with Gasteiger partial charge in [0.1, 0.15) is 12.4 Å². The fourth-order valence-corrected chi connectivity index (χ4v) is 2.79. The molecule has 0 unspecified atom stereocenters. The molecule has 3 aromatic carbocycles. The number of hydrogen-bond acceptors (Lipinski definition) is 2. The van der Waals surface area contributed by atoms with Crippen molar-refractivity contribution in [1.82, 2.24) is 4.98 Å². The number of nitrogens with zero attached hydrogens (tertiary/aromatic N) is 1. The number of benzene rings is 3. The fraction of sp³-hybridized carbons (Fsp3) is 0.0500. The molecule has 0 aliphatic heterocycles. The van der Waals surface area contributed by atoms with Gasteiger partial charge in [-0.2, -0.15) is 0 Å². The molecule has 0 atom stereocenters. The summed E-state index contributed by atoms with van der Waals surface area (Å²) in [6.07, 6.45) is 0. The molecule has 0 saturated heterocycles. The van der Waals surface area contributed by atoms with Crippen LogP contribution in [0.1, 0.15) is 5.69 Å². The van der Waals surface area contributed by atoms with Gasteiger partial charge in [0, 0.05) is 10.4 Å². The Balaban J connectivity index is 1.57. The normalized spacial score (nSPS) is 11.0. The molecule has 0 aliphatic rings. The Morgan fingerprint density at radius 2 is 1.57 bits per heavy atom. The zero-order chi connectivity index (χ0) is 15.6. The number of hydrogen-bond donors (Lipinski definition) is 0. The van der Waals surface area contributed by atoms with Crippen molar-refractivity contribution >= 4 is 33.3 Å². The zero-order valence-corrected chi connectivity index (χ0v) is 13.1. The molecule has 0 aliphatic carbocycles. The Labute approximate surface area is 139 Å². The smallest absolute Gasteiger partial charge is 0.130 e. The van der Waals surface area contributed by atoms with Gasteiger partial charge in [0.2, 0.25) is 0 Å². The van der Waals surface area contributed by atoms with E-state index in [1.807, 2.05) is 54.6 Å². The molecular formula is C20H14ClNO. The molecule has 4 aromatic rings. The van der Waals surface area contributed by atoms with E-state index in [-0.39, 0.29) is 0 Å². The Bertz CT molecular complexity index is 997. The highest BCUT2D eigenvalue weighted by Crippen LogP contribution is 2.22. The van der Waals surface area contributed by atoms with Gasteiger partial charge < -0.3 is 4.74 Å². The van der Waals surface area contributed by atoms with Crippen molar-refractivity contribution in [3.63, 3.8) is 0 Å². The molecule has 1 aromatic heterocycles. The van der Waals surface area contributed by atoms with Gasteiger partial charge in [-0.15, -0.1) is 0 Å². The minimum Gasteiger partial charge on any atom is -0.487 e. The number of halogens is 1. The molecule has 3 heteroatoms. The van der Waals surface area contributed by atoms with E-state index in [0.29, 0.717) is 11.6 Å². The Kier molecular flexibility index (Phi) is 3.60. The van der Waals surface area contributed by atoms with E-state index in [1.165, 1.54) is 10.8 Å². The van der Waals surface area contributed by atoms with Crippen molar-refractivity contribution in [1.29, 1.82) is 0 Å². The van der Waals surface area contributed by atoms with Crippen molar-refractivity contribution in [2.45, 2.75) is 6.61 Å². The summed E-state index contributed by atoms with van der Waals surface area (Å²) in [4.78, 5) is 4.60. The minimum absolute atomic E-state index is 0.431. The molecule has 0 N–H and O–H groups in total. The number of pyridine rings is 1. The first-order valence-corrected chi connectivity index (χ1v) is 7.82. The van der Waals surface area contributed by atoms with Crippen LogP contribution in [0.4, 0.5) is 0 Å². The molecule has 0 fully saturated rings. The van der Waals surface area contributed by atoms with Crippen LogP contribution in [0.25, 0.3) is 21.7 Å². The maximum Gasteiger partial charge on any atom is 0.130 e. The van der Waals surface area contributed by atoms with E-state index >= 15 is 0 Å². The summed E-state index contributed by atoms with van der Waals surface area (Å²) in [6.45, 7) is 0.431. The first kappa shape index (κ1) is 14.0. The van der Waals surface area contributed by atoms with Crippen molar-refractivity contribution in [2.24, 2.45) is 0 Å². The van der Waals surface area contributed by atoms with Crippen LogP contribution in [-0.4, -0.2) is 4.98 Å². The van der Waals surface area contributed by atoms with Crippen molar-refractivity contribution in [3.05, 3.63) is 83.5 Å². The highest BCUT2D eigenvalue weighted by Gasteiger charge is 2.02. The summed E-state index contributed by atoms with van der Waals surface area (Å²) < 4.78 is 5.88. The van der Waals surface area contributed by atoms with E-state index in [4.69, 9.17) is 16.3 Å². The summed E-state index contributed by atoms with van der Waals surface area (Å²) >= 11 is 6.03. The monoisotopic (exact) mass is 319 g/mol. The summed E-state index contributed by atoms with van der Waals surface area (Å²) in [5.74, 6) is 0.844. The highest BCUT2D eigenvalue weighted by atomic mass is 35.5. The maximum absolute atomic E-state index is 6.03. The van der Waals surface area contributed by atoms with Gasteiger partial charge in [-0.05, 0) is 41.1 Å². The standard InChI is InChI=1S/C20H14ClNO/c21-17-8-5-15-6-9-18(22-20(15)12-17)13-23-19-10-7-14-3-1-2-4-16(14)11-19/h1-12H,13H2. The average Bonchev–Trinajstić information content (AvgIpc) is 2.59. The Morgan fingerprint density at radius 3 is 2.48 bits per heavy atom. The van der Waals surface area contributed by atoms with Crippen LogP contribution < -0.4 is 4.74 Å². The SMILES string of the molecule is Clc1ccc2ccc(COc3ccc4ccccc4c3)nc2c1. The van der Waals surface area contributed by atoms with E-state index < -0.39 is 0 Å². The molecule has 1 heterocycles. The maximum atomic E-state index is 6.03. The van der Waals surface area contributed by atoms with Crippen molar-refractivity contribution in [2.75, 3.05) is 0 Å². The predicted octanol–water partition coefficient (Wildman–Crippen LogP) is 5.62. The van der Waals surface area contributed by atoms with Crippen LogP contribution in [0.15, 0.2) is 72.8 Å². The van der Waals surface area contributed by atoms with Gasteiger partial charge in [0.05, 0.1) is 11.2 Å². The largest absolute Gasteiger partial charge is 0.487 e. The van der Waals surface area contributed by atoms with Crippen LogP contribution >= 0.6 is 11.6 Å². The van der Waals surface area contributed by atoms with Crippen LogP contribution in [0.3, 0.4) is 0 Å². The van der Waals surface area contributed by atoms with E-state index in [9.17, 15) is 0 Å². The summed E-state index contributed by atoms with van der Waals surface area (Å²) in [7, 11) is 0. The molecular weight excluding hydrogens is 306 g/mol. The second-order valence-corrected chi connectivity index (χ2v) is 5.87. The fourth-order valence-electron chi connectivity index (χ4n) is 2.63. The van der Waals surface area contributed by atoms with Crippen LogP contribution in [0.5, 0.6) is 5.75 Å². The highest BCUT2D eigenvalue weighted by molar-refractivity contribution is 6.31. The molecule has 0 radical (unpaired) electrons. The van der Waals surface area contributed by atoms with E-state index in [2.05, 4.69) is 23.2 Å². The van der Waals surface area contributed by atoms with Crippen molar-refractivity contribution in [3.8, 4) is 5.75 Å². The first-order chi connectivity index (χ1) is 11.3. The number of aromatic nitrogens is 1. The Morgan fingerprint density at radius 1 is 0.783 bits per heavy atom. The van der Waals surface area contributed by atoms with Gasteiger partial charge in [-0.1, -0.05) is 54.1 Å². The van der Waals surface area contributed by atoms with Crippen LogP contribution in [0.2, 0.25) is 5.02 Å². The second-order valence-electron chi connectivity index (χ2n) is 5.44. The zero-order valence-electron chi connectivity index (χ0n) is 12.4. The molecule has 2 nitrogen and oxygen atoms in total. The van der Waals surface area contributed by atoms with E-state index in [1.54, 1.807) is 0 Å². The number of ether oxygens (including phenoxy) is 1. The minimum atomic E-state index is 0.431. The lowest BCUT2D eigenvalue weighted by molar-refractivity contribution is 0.302. The average molecular weight is 320 g/mol. The molecule has 0 spiro atoms. The summed E-state index contributed by atoms with van der Waals surface area (Å²) in [5.41, 5.74) is 1.77. The van der Waals surface area contributed by atoms with Gasteiger partial charge >= 0.3 is 0 Å². The second kappa shape index (κ2) is 5.90. The summed E-state index contributed by atoms with van der Waals surface area (Å²) in [5, 5.41) is 4.14. The molecule has 0 amide bonds. The number of rotatable bonds is 3. The molecule has 23 heavy (non-hydrogen) atoms. The summed E-state index contributed by atoms with van der Waals surface area (Å²) in [6, 6.07) is 24.1. The van der Waals surface area contributed by atoms with Gasteiger partial charge in [0.25, 0.3) is 0 Å². The van der Waals surface area contributed by atoms with Gasteiger partial charge in [-0.3, -0.25) is 0 Å². The molecule has 0 bridgehead atoms. The first-order valence-electron chi connectivity index (χ1n) is 7.45. The predicted molar refractivity (Wildman–Crippen MR) is 95.0 cm³/mol. The van der Waals surface area contributed by atoms with Crippen LogP contribution in [0, 0.1) is 0 Å². The third-order valence-electron chi connectivity index (χ3n) is 3.82. The number of fused-ring (bicyclic) bond motifs is 2. The van der Waals surface area contributed by atoms with Gasteiger partial charge in [0.15, 0.2) is 0 Å². The molecule has 4 rings (SSSR count). The van der Waals surface area contributed by atoms with Crippen LogP contribution in [-0.2, 0) is 6.61 Å². The third-order valence-corrected chi connectivity index (χ3v) is 4.05. The molecule has 0 saturated carbocycles. The Hall–Kier alpha value is -2.58.